The molecule has 0 atom stereocenters. The molecule has 0 unspecified atom stereocenters. The van der Waals surface area contributed by atoms with Crippen molar-refractivity contribution in [3.8, 4) is 5.75 Å². The number of carbonyl (C=O) groups is 1. The van der Waals surface area contributed by atoms with Gasteiger partial charge in [-0.1, -0.05) is 0 Å². The molecule has 0 aliphatic carbocycles. The standard InChI is InChI=1S/C9H11NO3/c1-4-7(6(3)11)10-5(2)9(13)8(4)12/h13H,1-3H3,(H,10,12). The SMILES string of the molecule is CC(=O)c1[nH]c(C)c(O)c(=O)c1C. The van der Waals surface area contributed by atoms with Crippen LogP contribution in [0.1, 0.15) is 28.7 Å². The van der Waals surface area contributed by atoms with E-state index < -0.39 is 5.43 Å². The van der Waals surface area contributed by atoms with Crippen molar-refractivity contribution < 1.29 is 9.90 Å². The lowest BCUT2D eigenvalue weighted by molar-refractivity contribution is 0.101. The smallest absolute Gasteiger partial charge is 0.227 e. The first-order valence-corrected chi connectivity index (χ1v) is 3.88. The molecule has 0 fully saturated rings. The lowest BCUT2D eigenvalue weighted by Crippen LogP contribution is -2.14. The zero-order valence-electron chi connectivity index (χ0n) is 7.76. The Balaban J connectivity index is 3.60. The number of rotatable bonds is 1. The zero-order chi connectivity index (χ0) is 10.2. The van der Waals surface area contributed by atoms with Gasteiger partial charge in [0.25, 0.3) is 0 Å². The highest BCUT2D eigenvalue weighted by Gasteiger charge is 2.12. The summed E-state index contributed by atoms with van der Waals surface area (Å²) in [6.07, 6.45) is 0. The van der Waals surface area contributed by atoms with E-state index >= 15 is 0 Å². The number of pyridine rings is 1. The van der Waals surface area contributed by atoms with Gasteiger partial charge in [-0.3, -0.25) is 9.59 Å². The van der Waals surface area contributed by atoms with Gasteiger partial charge in [0.2, 0.25) is 5.43 Å². The predicted molar refractivity (Wildman–Crippen MR) is 48.2 cm³/mol. The molecule has 0 amide bonds. The first-order chi connectivity index (χ1) is 5.95. The Bertz CT molecular complexity index is 418. The maximum absolute atomic E-state index is 11.3. The van der Waals surface area contributed by atoms with E-state index in [1.54, 1.807) is 6.92 Å². The Morgan fingerprint density at radius 2 is 1.92 bits per heavy atom. The van der Waals surface area contributed by atoms with Crippen molar-refractivity contribution in [2.45, 2.75) is 20.8 Å². The van der Waals surface area contributed by atoms with Gasteiger partial charge in [-0.25, -0.2) is 0 Å². The summed E-state index contributed by atoms with van der Waals surface area (Å²) in [4.78, 5) is 25.0. The molecule has 0 aliphatic rings. The molecule has 0 radical (unpaired) electrons. The minimum atomic E-state index is -0.485. The van der Waals surface area contributed by atoms with Crippen molar-refractivity contribution in [3.63, 3.8) is 0 Å². The number of Topliss-reactive ketones (excluding diaryl/α,β-unsaturated/α-hetero) is 1. The highest BCUT2D eigenvalue weighted by Crippen LogP contribution is 2.11. The van der Waals surface area contributed by atoms with Gasteiger partial charge in [-0.2, -0.15) is 0 Å². The van der Waals surface area contributed by atoms with Crippen LogP contribution in [-0.2, 0) is 0 Å². The second-order valence-corrected chi connectivity index (χ2v) is 2.98. The summed E-state index contributed by atoms with van der Waals surface area (Å²) in [5.74, 6) is -0.528. The Morgan fingerprint density at radius 1 is 1.38 bits per heavy atom. The van der Waals surface area contributed by atoms with Crippen LogP contribution in [0.3, 0.4) is 0 Å². The van der Waals surface area contributed by atoms with E-state index in [9.17, 15) is 14.7 Å². The lowest BCUT2D eigenvalue weighted by atomic mass is 10.1. The molecule has 2 N–H and O–H groups in total. The van der Waals surface area contributed by atoms with Crippen LogP contribution in [0.2, 0.25) is 0 Å². The van der Waals surface area contributed by atoms with Crippen molar-refractivity contribution in [1.82, 2.24) is 4.98 Å². The molecule has 0 saturated carbocycles. The van der Waals surface area contributed by atoms with E-state index in [4.69, 9.17) is 0 Å². The summed E-state index contributed by atoms with van der Waals surface area (Å²) in [7, 11) is 0. The maximum Gasteiger partial charge on any atom is 0.227 e. The van der Waals surface area contributed by atoms with Crippen LogP contribution in [0.25, 0.3) is 0 Å². The normalized spacial score (nSPS) is 10.1. The Kier molecular flexibility index (Phi) is 2.23. The fraction of sp³-hybridized carbons (Fsp3) is 0.333. The molecular weight excluding hydrogens is 170 g/mol. The summed E-state index contributed by atoms with van der Waals surface area (Å²) in [5.41, 5.74) is 0.359. The molecule has 1 heterocycles. The molecule has 70 valence electrons. The molecule has 1 aromatic rings. The number of aromatic nitrogens is 1. The van der Waals surface area contributed by atoms with Crippen LogP contribution in [0, 0.1) is 13.8 Å². The third-order valence-corrected chi connectivity index (χ3v) is 1.95. The van der Waals surface area contributed by atoms with Crippen LogP contribution >= 0.6 is 0 Å². The molecule has 0 spiro atoms. The Labute approximate surface area is 75.2 Å². The van der Waals surface area contributed by atoms with Gasteiger partial charge >= 0.3 is 0 Å². The van der Waals surface area contributed by atoms with E-state index in [1.807, 2.05) is 0 Å². The number of hydrogen-bond acceptors (Lipinski definition) is 3. The van der Waals surface area contributed by atoms with Gasteiger partial charge in [0.1, 0.15) is 0 Å². The molecule has 0 aromatic carbocycles. The van der Waals surface area contributed by atoms with Crippen molar-refractivity contribution >= 4 is 5.78 Å². The minimum Gasteiger partial charge on any atom is -0.503 e. The Morgan fingerprint density at radius 3 is 2.38 bits per heavy atom. The van der Waals surface area contributed by atoms with E-state index in [-0.39, 0.29) is 22.8 Å². The first-order valence-electron chi connectivity index (χ1n) is 3.88. The fourth-order valence-electron chi connectivity index (χ4n) is 1.15. The fourth-order valence-corrected chi connectivity index (χ4v) is 1.15. The van der Waals surface area contributed by atoms with E-state index in [0.29, 0.717) is 5.69 Å². The van der Waals surface area contributed by atoms with Crippen molar-refractivity contribution in [2.24, 2.45) is 0 Å². The summed E-state index contributed by atoms with van der Waals surface area (Å²) >= 11 is 0. The molecule has 4 heteroatoms. The zero-order valence-corrected chi connectivity index (χ0v) is 7.76. The maximum atomic E-state index is 11.3. The van der Waals surface area contributed by atoms with Crippen LogP contribution in [0.4, 0.5) is 0 Å². The highest BCUT2D eigenvalue weighted by atomic mass is 16.3. The Hall–Kier alpha value is -1.58. The highest BCUT2D eigenvalue weighted by molar-refractivity contribution is 5.93. The molecule has 1 rings (SSSR count). The average molecular weight is 181 g/mol. The van der Waals surface area contributed by atoms with Crippen LogP contribution in [0.5, 0.6) is 5.75 Å². The minimum absolute atomic E-state index is 0.210. The topological polar surface area (TPSA) is 70.2 Å². The molecule has 0 aliphatic heterocycles. The molecule has 1 aromatic heterocycles. The van der Waals surface area contributed by atoms with Gasteiger partial charge in [0.05, 0.1) is 11.4 Å². The lowest BCUT2D eigenvalue weighted by Gasteiger charge is -2.04. The number of ketones is 1. The number of nitrogens with one attached hydrogen (secondary N) is 1. The van der Waals surface area contributed by atoms with Crippen molar-refractivity contribution in [3.05, 3.63) is 27.2 Å². The van der Waals surface area contributed by atoms with E-state index in [1.165, 1.54) is 13.8 Å². The molecule has 4 nitrogen and oxygen atoms in total. The number of H-pyrrole nitrogens is 1. The third kappa shape index (κ3) is 1.47. The quantitative estimate of drug-likeness (QED) is 0.632. The number of hydrogen-bond donors (Lipinski definition) is 2. The van der Waals surface area contributed by atoms with Gasteiger partial charge in [-0.05, 0) is 13.8 Å². The summed E-state index contributed by atoms with van der Waals surface area (Å²) in [6.45, 7) is 4.42. The van der Waals surface area contributed by atoms with Gasteiger partial charge in [0.15, 0.2) is 11.5 Å². The van der Waals surface area contributed by atoms with Crippen LogP contribution in [-0.4, -0.2) is 15.9 Å². The van der Waals surface area contributed by atoms with Gasteiger partial charge < -0.3 is 10.1 Å². The summed E-state index contributed by atoms with van der Waals surface area (Å²) in [5, 5.41) is 9.24. The van der Waals surface area contributed by atoms with Crippen LogP contribution in [0.15, 0.2) is 4.79 Å². The number of aromatic hydroxyl groups is 1. The second-order valence-electron chi connectivity index (χ2n) is 2.98. The van der Waals surface area contributed by atoms with Gasteiger partial charge in [0, 0.05) is 12.5 Å². The van der Waals surface area contributed by atoms with E-state index in [2.05, 4.69) is 4.98 Å². The summed E-state index contributed by atoms with van der Waals surface area (Å²) < 4.78 is 0. The average Bonchev–Trinajstić information content (AvgIpc) is 2.07. The molecular formula is C9H11NO3. The van der Waals surface area contributed by atoms with Crippen molar-refractivity contribution in [2.75, 3.05) is 0 Å². The third-order valence-electron chi connectivity index (χ3n) is 1.95. The largest absolute Gasteiger partial charge is 0.503 e. The second kappa shape index (κ2) is 3.05. The van der Waals surface area contributed by atoms with Crippen molar-refractivity contribution in [1.29, 1.82) is 0 Å². The number of carbonyl (C=O) groups excluding carboxylic acids is 1. The monoisotopic (exact) mass is 181 g/mol. The molecule has 0 saturated heterocycles. The molecule has 0 bridgehead atoms. The molecule has 13 heavy (non-hydrogen) atoms. The summed E-state index contributed by atoms with van der Waals surface area (Å²) in [6, 6.07) is 0. The van der Waals surface area contributed by atoms with Crippen LogP contribution < -0.4 is 5.43 Å². The predicted octanol–water partition coefficient (Wildman–Crippen LogP) is 0.900. The van der Waals surface area contributed by atoms with Gasteiger partial charge in [-0.15, -0.1) is 0 Å². The van der Waals surface area contributed by atoms with E-state index in [0.717, 1.165) is 0 Å². The number of aromatic amines is 1. The number of aryl methyl sites for hydroxylation is 1. The first kappa shape index (κ1) is 9.51.